The van der Waals surface area contributed by atoms with Crippen LogP contribution in [0.3, 0.4) is 0 Å². The topological polar surface area (TPSA) is 49.8 Å². The van der Waals surface area contributed by atoms with E-state index in [0.29, 0.717) is 24.4 Å². The molecule has 4 nitrogen and oxygen atoms in total. The van der Waals surface area contributed by atoms with E-state index in [2.05, 4.69) is 0 Å². The molecule has 1 fully saturated rings. The maximum Gasteiger partial charge on any atom is 0.410 e. The lowest BCUT2D eigenvalue weighted by Gasteiger charge is -2.28. The minimum atomic E-state index is -0.881. The summed E-state index contributed by atoms with van der Waals surface area (Å²) in [5, 5.41) is 11.0. The molecule has 0 bridgehead atoms. The molecule has 1 aromatic carbocycles. The van der Waals surface area contributed by atoms with Crippen molar-refractivity contribution in [1.29, 1.82) is 0 Å². The van der Waals surface area contributed by atoms with E-state index < -0.39 is 11.2 Å². The van der Waals surface area contributed by atoms with Crippen molar-refractivity contribution in [3.63, 3.8) is 0 Å². The number of rotatable bonds is 2. The van der Waals surface area contributed by atoms with E-state index in [-0.39, 0.29) is 12.1 Å². The lowest BCUT2D eigenvalue weighted by atomic mass is 9.98. The van der Waals surface area contributed by atoms with Gasteiger partial charge in [0.05, 0.1) is 12.1 Å². The minimum absolute atomic E-state index is 0.0778. The highest BCUT2D eigenvalue weighted by molar-refractivity contribution is 6.30. The zero-order valence-electron chi connectivity index (χ0n) is 13.6. The van der Waals surface area contributed by atoms with Gasteiger partial charge in [0, 0.05) is 11.1 Å². The summed E-state index contributed by atoms with van der Waals surface area (Å²) < 4.78 is 5.46. The molecule has 0 aromatic heterocycles. The largest absolute Gasteiger partial charge is 0.444 e. The molecule has 22 heavy (non-hydrogen) atoms. The number of aliphatic hydroxyl groups is 1. The van der Waals surface area contributed by atoms with Crippen LogP contribution in [0.4, 0.5) is 4.79 Å². The van der Waals surface area contributed by atoms with E-state index in [9.17, 15) is 9.90 Å². The van der Waals surface area contributed by atoms with Crippen LogP contribution in [0.1, 0.15) is 39.7 Å². The Bertz CT molecular complexity index is 534. The normalized spacial score (nSPS) is 25.4. The van der Waals surface area contributed by atoms with E-state index in [1.165, 1.54) is 0 Å². The van der Waals surface area contributed by atoms with Gasteiger partial charge in [0.15, 0.2) is 0 Å². The maximum absolute atomic E-state index is 12.4. The zero-order valence-corrected chi connectivity index (χ0v) is 14.4. The lowest BCUT2D eigenvalue weighted by molar-refractivity contribution is 0.0154. The Morgan fingerprint density at radius 1 is 1.41 bits per heavy atom. The molecule has 0 radical (unpaired) electrons. The first-order valence-corrected chi connectivity index (χ1v) is 7.90. The Morgan fingerprint density at radius 2 is 2.00 bits per heavy atom. The molecule has 1 aliphatic heterocycles. The van der Waals surface area contributed by atoms with E-state index in [1.54, 1.807) is 11.8 Å². The van der Waals surface area contributed by atoms with Crippen molar-refractivity contribution < 1.29 is 14.6 Å². The number of halogens is 1. The van der Waals surface area contributed by atoms with Gasteiger partial charge in [-0.05, 0) is 58.2 Å². The molecule has 122 valence electrons. The van der Waals surface area contributed by atoms with Crippen LogP contribution in [0.25, 0.3) is 0 Å². The number of carbonyl (C=O) groups is 1. The first-order valence-electron chi connectivity index (χ1n) is 7.52. The predicted molar refractivity (Wildman–Crippen MR) is 87.1 cm³/mol. The molecule has 1 unspecified atom stereocenters. The van der Waals surface area contributed by atoms with E-state index >= 15 is 0 Å². The fraction of sp³-hybridized carbons (Fsp3) is 0.588. The van der Waals surface area contributed by atoms with Crippen LogP contribution < -0.4 is 0 Å². The molecule has 2 rings (SSSR count). The number of β-amino-alcohol motifs (C(OH)–C–C–N with tert-alkyl or cyclic N) is 1. The van der Waals surface area contributed by atoms with Gasteiger partial charge in [-0.3, -0.25) is 0 Å². The number of likely N-dealkylation sites (tertiary alicyclic amines) is 1. The first kappa shape index (κ1) is 17.1. The van der Waals surface area contributed by atoms with Gasteiger partial charge >= 0.3 is 6.09 Å². The monoisotopic (exact) mass is 325 g/mol. The summed E-state index contributed by atoms with van der Waals surface area (Å²) in [6.07, 6.45) is 0.839. The molecule has 1 amide bonds. The molecular formula is C17H24ClNO3. The van der Waals surface area contributed by atoms with Crippen LogP contribution in [-0.4, -0.2) is 39.9 Å². The van der Waals surface area contributed by atoms with Gasteiger partial charge in [0.2, 0.25) is 0 Å². The number of amides is 1. The molecule has 1 N–H and O–H groups in total. The van der Waals surface area contributed by atoms with Gasteiger partial charge in [0.25, 0.3) is 0 Å². The molecule has 0 aliphatic carbocycles. The van der Waals surface area contributed by atoms with Crippen LogP contribution >= 0.6 is 11.6 Å². The Kier molecular flexibility index (Phi) is 4.73. The summed E-state index contributed by atoms with van der Waals surface area (Å²) in [5.41, 5.74) is -0.342. The molecule has 0 spiro atoms. The third-order valence-electron chi connectivity index (χ3n) is 3.64. The quantitative estimate of drug-likeness (QED) is 0.903. The Morgan fingerprint density at radius 3 is 2.55 bits per heavy atom. The first-order chi connectivity index (χ1) is 10.1. The SMILES string of the molecule is CC1(O)C[C@H](Cc2ccc(Cl)cc2)N(C(=O)OC(C)(C)C)C1. The van der Waals surface area contributed by atoms with Crippen molar-refractivity contribution in [2.24, 2.45) is 0 Å². The Balaban J connectivity index is 2.12. The third kappa shape index (κ3) is 4.62. The number of nitrogens with zero attached hydrogens (tertiary/aromatic N) is 1. The van der Waals surface area contributed by atoms with Crippen LogP contribution in [0.5, 0.6) is 0 Å². The van der Waals surface area contributed by atoms with Crippen molar-refractivity contribution in [3.8, 4) is 0 Å². The van der Waals surface area contributed by atoms with E-state index in [4.69, 9.17) is 16.3 Å². The fourth-order valence-corrected chi connectivity index (χ4v) is 2.91. The van der Waals surface area contributed by atoms with Crippen LogP contribution in [0.15, 0.2) is 24.3 Å². The lowest BCUT2D eigenvalue weighted by Crippen LogP contribution is -2.41. The third-order valence-corrected chi connectivity index (χ3v) is 3.89. The van der Waals surface area contributed by atoms with Crippen molar-refractivity contribution >= 4 is 17.7 Å². The molecule has 1 aromatic rings. The highest BCUT2D eigenvalue weighted by atomic mass is 35.5. The molecule has 1 saturated heterocycles. The average Bonchev–Trinajstić information content (AvgIpc) is 2.65. The fourth-order valence-electron chi connectivity index (χ4n) is 2.79. The van der Waals surface area contributed by atoms with Gasteiger partial charge in [-0.25, -0.2) is 4.79 Å². The minimum Gasteiger partial charge on any atom is -0.444 e. The highest BCUT2D eigenvalue weighted by Gasteiger charge is 2.43. The Hall–Kier alpha value is -1.26. The summed E-state index contributed by atoms with van der Waals surface area (Å²) in [7, 11) is 0. The molecule has 0 saturated carbocycles. The highest BCUT2D eigenvalue weighted by Crippen LogP contribution is 2.30. The van der Waals surface area contributed by atoms with Gasteiger partial charge in [-0.15, -0.1) is 0 Å². The standard InChI is InChI=1S/C17H24ClNO3/c1-16(2,3)22-15(20)19-11-17(4,21)10-14(19)9-12-5-7-13(18)8-6-12/h5-8,14,21H,9-11H2,1-4H3/t14-,17?/m0/s1. The average molecular weight is 326 g/mol. The molecule has 2 atom stereocenters. The molecular weight excluding hydrogens is 302 g/mol. The van der Waals surface area contributed by atoms with E-state index in [1.807, 2.05) is 45.0 Å². The van der Waals surface area contributed by atoms with Crippen molar-refractivity contribution in [2.75, 3.05) is 6.54 Å². The van der Waals surface area contributed by atoms with Crippen molar-refractivity contribution in [3.05, 3.63) is 34.9 Å². The number of carbonyl (C=O) groups excluding carboxylic acids is 1. The van der Waals surface area contributed by atoms with Gasteiger partial charge in [-0.1, -0.05) is 23.7 Å². The Labute approximate surface area is 137 Å². The van der Waals surface area contributed by atoms with Crippen LogP contribution in [0, 0.1) is 0 Å². The summed E-state index contributed by atoms with van der Waals surface area (Å²) in [6, 6.07) is 7.49. The zero-order chi connectivity index (χ0) is 16.5. The van der Waals surface area contributed by atoms with Crippen molar-refractivity contribution in [1.82, 2.24) is 4.90 Å². The second-order valence-corrected chi connectivity index (χ2v) is 7.73. The molecule has 5 heteroatoms. The second-order valence-electron chi connectivity index (χ2n) is 7.29. The number of benzene rings is 1. The van der Waals surface area contributed by atoms with E-state index in [0.717, 1.165) is 5.56 Å². The van der Waals surface area contributed by atoms with Crippen molar-refractivity contribution in [2.45, 2.75) is 57.8 Å². The maximum atomic E-state index is 12.4. The number of ether oxygens (including phenoxy) is 1. The van der Waals surface area contributed by atoms with Gasteiger partial charge in [-0.2, -0.15) is 0 Å². The number of hydrogen-bond acceptors (Lipinski definition) is 3. The van der Waals surface area contributed by atoms with Gasteiger partial charge in [0.1, 0.15) is 5.60 Å². The summed E-state index contributed by atoms with van der Waals surface area (Å²) in [4.78, 5) is 14.0. The summed E-state index contributed by atoms with van der Waals surface area (Å²) in [5.74, 6) is 0. The molecule has 1 heterocycles. The predicted octanol–water partition coefficient (Wildman–Crippen LogP) is 3.64. The van der Waals surface area contributed by atoms with Crippen LogP contribution in [0.2, 0.25) is 5.02 Å². The smallest absolute Gasteiger partial charge is 0.410 e. The summed E-state index contributed by atoms with van der Waals surface area (Å²) >= 11 is 5.90. The second kappa shape index (κ2) is 6.09. The van der Waals surface area contributed by atoms with Crippen LogP contribution in [-0.2, 0) is 11.2 Å². The van der Waals surface area contributed by atoms with Gasteiger partial charge < -0.3 is 14.7 Å². The number of hydrogen-bond donors (Lipinski definition) is 1. The summed E-state index contributed by atoms with van der Waals surface area (Å²) in [6.45, 7) is 7.57. The molecule has 1 aliphatic rings.